The van der Waals surface area contributed by atoms with Gasteiger partial charge in [-0.1, -0.05) is 11.2 Å². The predicted molar refractivity (Wildman–Crippen MR) is 93.1 cm³/mol. The Kier molecular flexibility index (Phi) is 4.78. The molecule has 1 aliphatic carbocycles. The van der Waals surface area contributed by atoms with Crippen LogP contribution in [0.4, 0.5) is 0 Å². The molecule has 0 spiro atoms. The van der Waals surface area contributed by atoms with Crippen molar-refractivity contribution in [1.29, 1.82) is 0 Å². The second-order valence-corrected chi connectivity index (χ2v) is 6.98. The Morgan fingerprint density at radius 2 is 2.16 bits per heavy atom. The fourth-order valence-electron chi connectivity index (χ4n) is 3.44. The molecule has 25 heavy (non-hydrogen) atoms. The van der Waals surface area contributed by atoms with Gasteiger partial charge in [0.05, 0.1) is 12.2 Å². The maximum Gasteiger partial charge on any atom is 0.276 e. The van der Waals surface area contributed by atoms with E-state index >= 15 is 0 Å². The molecule has 1 atom stereocenters. The summed E-state index contributed by atoms with van der Waals surface area (Å²) in [5, 5.41) is 7.47. The van der Waals surface area contributed by atoms with Crippen molar-refractivity contribution in [2.45, 2.75) is 50.6 Å². The molecule has 3 heterocycles. The highest BCUT2D eigenvalue weighted by molar-refractivity contribution is 5.92. The third kappa shape index (κ3) is 3.90. The van der Waals surface area contributed by atoms with Crippen molar-refractivity contribution in [3.63, 3.8) is 0 Å². The third-order valence-corrected chi connectivity index (χ3v) is 5.03. The van der Waals surface area contributed by atoms with E-state index in [-0.39, 0.29) is 11.9 Å². The molecule has 6 nitrogen and oxygen atoms in total. The lowest BCUT2D eigenvalue weighted by molar-refractivity contribution is 0.0631. The predicted octanol–water partition coefficient (Wildman–Crippen LogP) is 2.73. The molecule has 1 aliphatic heterocycles. The van der Waals surface area contributed by atoms with Gasteiger partial charge in [0.25, 0.3) is 5.91 Å². The number of nitrogens with zero attached hydrogens (tertiary/aromatic N) is 3. The average molecular weight is 340 g/mol. The topological polar surface area (TPSA) is 71.3 Å². The fraction of sp³-hybridized carbons (Fsp3) is 0.526. The summed E-state index contributed by atoms with van der Waals surface area (Å²) in [6.07, 6.45) is 7.06. The van der Waals surface area contributed by atoms with Crippen LogP contribution in [0.2, 0.25) is 0 Å². The van der Waals surface area contributed by atoms with E-state index in [2.05, 4.69) is 15.5 Å². The van der Waals surface area contributed by atoms with Gasteiger partial charge < -0.3 is 14.7 Å². The summed E-state index contributed by atoms with van der Waals surface area (Å²) in [5.74, 6) is 1.26. The van der Waals surface area contributed by atoms with Gasteiger partial charge in [-0.25, -0.2) is 0 Å². The van der Waals surface area contributed by atoms with Crippen molar-refractivity contribution >= 4 is 5.91 Å². The van der Waals surface area contributed by atoms with Crippen molar-refractivity contribution < 1.29 is 9.32 Å². The number of carbonyl (C=O) groups excluding carboxylic acids is 1. The number of nitrogens with one attached hydrogen (secondary N) is 1. The molecule has 0 aromatic carbocycles. The van der Waals surface area contributed by atoms with Crippen molar-refractivity contribution in [2.75, 3.05) is 13.1 Å². The van der Waals surface area contributed by atoms with Gasteiger partial charge in [-0.3, -0.25) is 9.78 Å². The summed E-state index contributed by atoms with van der Waals surface area (Å²) < 4.78 is 5.40. The van der Waals surface area contributed by atoms with Crippen LogP contribution in [0.1, 0.15) is 60.0 Å². The van der Waals surface area contributed by atoms with Gasteiger partial charge in [-0.2, -0.15) is 0 Å². The molecular weight excluding hydrogens is 316 g/mol. The van der Waals surface area contributed by atoms with Crippen LogP contribution >= 0.6 is 0 Å². The second-order valence-electron chi connectivity index (χ2n) is 6.98. The first-order chi connectivity index (χ1) is 12.3. The molecule has 1 saturated heterocycles. The van der Waals surface area contributed by atoms with E-state index in [1.54, 1.807) is 6.20 Å². The lowest BCUT2D eigenvalue weighted by Gasteiger charge is -2.30. The number of hydrogen-bond donors (Lipinski definition) is 1. The molecule has 1 saturated carbocycles. The van der Waals surface area contributed by atoms with E-state index in [1.165, 1.54) is 0 Å². The first kappa shape index (κ1) is 16.3. The summed E-state index contributed by atoms with van der Waals surface area (Å²) in [5.41, 5.74) is 1.33. The number of pyridine rings is 1. The maximum atomic E-state index is 13.2. The van der Waals surface area contributed by atoms with Crippen LogP contribution in [0.5, 0.6) is 0 Å². The Morgan fingerprint density at radius 1 is 1.24 bits per heavy atom. The summed E-state index contributed by atoms with van der Waals surface area (Å²) in [4.78, 5) is 19.5. The number of amides is 1. The van der Waals surface area contributed by atoms with Gasteiger partial charge in [0, 0.05) is 24.2 Å². The molecule has 0 radical (unpaired) electrons. The zero-order valence-electron chi connectivity index (χ0n) is 14.4. The smallest absolute Gasteiger partial charge is 0.276 e. The standard InChI is InChI=1S/C19H24N4O2/c24-19(17-12-18(25-22-17)14-6-7-14)23(13-15-4-1-2-10-21-15)16-5-3-9-20-11-8-16/h1-2,4,10,12,14,16,20H,3,5-9,11,13H2. The van der Waals surface area contributed by atoms with Crippen molar-refractivity contribution in [3.8, 4) is 0 Å². The second kappa shape index (κ2) is 7.35. The first-order valence-electron chi connectivity index (χ1n) is 9.19. The minimum Gasteiger partial charge on any atom is -0.360 e. The monoisotopic (exact) mass is 340 g/mol. The van der Waals surface area contributed by atoms with E-state index in [1.807, 2.05) is 29.2 Å². The first-order valence-corrected chi connectivity index (χ1v) is 9.19. The van der Waals surface area contributed by atoms with Gasteiger partial charge in [-0.05, 0) is 57.3 Å². The van der Waals surface area contributed by atoms with Crippen molar-refractivity contribution in [3.05, 3.63) is 47.6 Å². The number of hydrogen-bond acceptors (Lipinski definition) is 5. The number of rotatable bonds is 5. The highest BCUT2D eigenvalue weighted by atomic mass is 16.5. The van der Waals surface area contributed by atoms with Crippen molar-refractivity contribution in [1.82, 2.24) is 20.4 Å². The Bertz CT molecular complexity index is 703. The minimum atomic E-state index is -0.0480. The summed E-state index contributed by atoms with van der Waals surface area (Å²) >= 11 is 0. The van der Waals surface area contributed by atoms with Crippen LogP contribution in [-0.4, -0.2) is 40.1 Å². The van der Waals surface area contributed by atoms with Crippen LogP contribution in [0.25, 0.3) is 0 Å². The molecule has 1 unspecified atom stereocenters. The normalized spacial score (nSPS) is 20.9. The lowest BCUT2D eigenvalue weighted by Crippen LogP contribution is -2.40. The quantitative estimate of drug-likeness (QED) is 0.906. The van der Waals surface area contributed by atoms with Crippen LogP contribution < -0.4 is 5.32 Å². The number of carbonyl (C=O) groups is 1. The average Bonchev–Trinajstić information content (AvgIpc) is 3.43. The Labute approximate surface area is 147 Å². The Hall–Kier alpha value is -2.21. The fourth-order valence-corrected chi connectivity index (χ4v) is 3.44. The Balaban J connectivity index is 1.57. The Morgan fingerprint density at radius 3 is 2.96 bits per heavy atom. The summed E-state index contributed by atoms with van der Waals surface area (Å²) in [6.45, 7) is 2.46. The summed E-state index contributed by atoms with van der Waals surface area (Å²) in [7, 11) is 0. The van der Waals surface area contributed by atoms with E-state index < -0.39 is 0 Å². The van der Waals surface area contributed by atoms with Crippen LogP contribution in [0.15, 0.2) is 35.0 Å². The molecule has 2 aromatic rings. The van der Waals surface area contributed by atoms with Crippen molar-refractivity contribution in [2.24, 2.45) is 0 Å². The number of aromatic nitrogens is 2. The van der Waals surface area contributed by atoms with E-state index in [9.17, 15) is 4.79 Å². The zero-order chi connectivity index (χ0) is 17.1. The van der Waals surface area contributed by atoms with Crippen LogP contribution in [-0.2, 0) is 6.54 Å². The molecule has 0 bridgehead atoms. The maximum absolute atomic E-state index is 13.2. The highest BCUT2D eigenvalue weighted by Crippen LogP contribution is 2.40. The molecule has 6 heteroatoms. The lowest BCUT2D eigenvalue weighted by atomic mass is 10.1. The largest absolute Gasteiger partial charge is 0.360 e. The minimum absolute atomic E-state index is 0.0480. The van der Waals surface area contributed by atoms with Crippen LogP contribution in [0.3, 0.4) is 0 Å². The van der Waals surface area contributed by atoms with Crippen LogP contribution in [0, 0.1) is 0 Å². The molecule has 132 valence electrons. The van der Waals surface area contributed by atoms with Gasteiger partial charge in [0.2, 0.25) is 0 Å². The molecule has 2 fully saturated rings. The highest BCUT2D eigenvalue weighted by Gasteiger charge is 2.32. The molecule has 2 aliphatic rings. The molecule has 2 aromatic heterocycles. The zero-order valence-corrected chi connectivity index (χ0v) is 14.4. The van der Waals surface area contributed by atoms with E-state index in [0.717, 1.165) is 56.6 Å². The van der Waals surface area contributed by atoms with E-state index in [4.69, 9.17) is 4.52 Å². The van der Waals surface area contributed by atoms with Gasteiger partial charge in [0.1, 0.15) is 5.76 Å². The van der Waals surface area contributed by atoms with Gasteiger partial charge >= 0.3 is 0 Å². The molecule has 1 N–H and O–H groups in total. The third-order valence-electron chi connectivity index (χ3n) is 5.03. The SMILES string of the molecule is O=C(c1cc(C2CC2)on1)N(Cc1ccccn1)C1CCCNCC1. The molecule has 4 rings (SSSR count). The molecule has 1 amide bonds. The van der Waals surface area contributed by atoms with Gasteiger partial charge in [-0.15, -0.1) is 0 Å². The van der Waals surface area contributed by atoms with E-state index in [0.29, 0.717) is 18.2 Å². The van der Waals surface area contributed by atoms with Gasteiger partial charge in [0.15, 0.2) is 5.69 Å². The molecular formula is C19H24N4O2. The summed E-state index contributed by atoms with van der Waals surface area (Å²) in [6, 6.07) is 7.85.